The summed E-state index contributed by atoms with van der Waals surface area (Å²) in [5.41, 5.74) is 10.0. The summed E-state index contributed by atoms with van der Waals surface area (Å²) in [6.07, 6.45) is 1.87. The third kappa shape index (κ3) is 1.74. The molecule has 0 unspecified atom stereocenters. The van der Waals surface area contributed by atoms with Gasteiger partial charge in [0.05, 0.1) is 5.52 Å². The first-order valence-corrected chi connectivity index (χ1v) is 7.13. The Labute approximate surface area is 127 Å². The molecule has 3 N–H and O–H groups in total. The number of carbonyl (C=O) groups is 1. The van der Waals surface area contributed by atoms with E-state index in [0.29, 0.717) is 11.3 Å². The number of fused-ring (bicyclic) bond motifs is 2. The predicted molar refractivity (Wildman–Crippen MR) is 89.1 cm³/mol. The number of nitrogens with one attached hydrogen (secondary N) is 1. The van der Waals surface area contributed by atoms with Crippen LogP contribution in [0.1, 0.15) is 16.1 Å². The highest BCUT2D eigenvalue weighted by atomic mass is 16.2. The Morgan fingerprint density at radius 3 is 2.86 bits per heavy atom. The Morgan fingerprint density at radius 1 is 1.14 bits per heavy atom. The Bertz CT molecular complexity index is 1020. The quantitative estimate of drug-likeness (QED) is 0.525. The summed E-state index contributed by atoms with van der Waals surface area (Å²) < 4.78 is 1.72. The van der Waals surface area contributed by atoms with Gasteiger partial charge in [-0.25, -0.2) is 0 Å². The van der Waals surface area contributed by atoms with Crippen LogP contribution in [0.3, 0.4) is 0 Å². The molecule has 4 heteroatoms. The van der Waals surface area contributed by atoms with E-state index in [1.807, 2.05) is 61.7 Å². The van der Waals surface area contributed by atoms with Crippen LogP contribution >= 0.6 is 0 Å². The number of nitrogen functional groups attached to an aromatic ring is 1. The molecule has 0 bridgehead atoms. The van der Waals surface area contributed by atoms with E-state index >= 15 is 0 Å². The molecule has 0 amide bonds. The monoisotopic (exact) mass is 289 g/mol. The normalized spacial score (nSPS) is 11.3. The molecular weight excluding hydrogens is 274 g/mol. The highest BCUT2D eigenvalue weighted by Crippen LogP contribution is 2.26. The molecule has 4 aromatic rings. The second kappa shape index (κ2) is 4.49. The lowest BCUT2D eigenvalue weighted by molar-refractivity contribution is 0.0963. The van der Waals surface area contributed by atoms with Gasteiger partial charge in [-0.15, -0.1) is 0 Å². The zero-order valence-electron chi connectivity index (χ0n) is 12.1. The number of benzene rings is 2. The number of nitrogens with two attached hydrogens (primary N) is 1. The van der Waals surface area contributed by atoms with Gasteiger partial charge in [-0.1, -0.05) is 12.1 Å². The fourth-order valence-corrected chi connectivity index (χ4v) is 2.97. The van der Waals surface area contributed by atoms with Crippen LogP contribution in [0, 0.1) is 6.92 Å². The van der Waals surface area contributed by atoms with Crippen molar-refractivity contribution in [2.45, 2.75) is 6.92 Å². The van der Waals surface area contributed by atoms with Crippen LogP contribution in [0.4, 0.5) is 5.69 Å². The lowest BCUT2D eigenvalue weighted by atomic mass is 10.1. The third-order valence-corrected chi connectivity index (χ3v) is 4.07. The van der Waals surface area contributed by atoms with Crippen LogP contribution in [-0.4, -0.2) is 15.5 Å². The van der Waals surface area contributed by atoms with E-state index in [-0.39, 0.29) is 5.91 Å². The van der Waals surface area contributed by atoms with Crippen LogP contribution in [-0.2, 0) is 0 Å². The van der Waals surface area contributed by atoms with Gasteiger partial charge in [0.1, 0.15) is 0 Å². The molecule has 2 aromatic heterocycles. The van der Waals surface area contributed by atoms with Crippen LogP contribution in [0.15, 0.2) is 54.7 Å². The molecule has 0 radical (unpaired) electrons. The highest BCUT2D eigenvalue weighted by Gasteiger charge is 2.16. The van der Waals surface area contributed by atoms with Gasteiger partial charge < -0.3 is 10.7 Å². The zero-order chi connectivity index (χ0) is 15.3. The van der Waals surface area contributed by atoms with Crippen LogP contribution in [0.5, 0.6) is 0 Å². The van der Waals surface area contributed by atoms with Gasteiger partial charge in [0.15, 0.2) is 0 Å². The largest absolute Gasteiger partial charge is 0.398 e. The topological polar surface area (TPSA) is 63.8 Å². The second-order valence-corrected chi connectivity index (χ2v) is 5.49. The van der Waals surface area contributed by atoms with E-state index < -0.39 is 0 Å². The van der Waals surface area contributed by atoms with Crippen molar-refractivity contribution in [2.24, 2.45) is 0 Å². The van der Waals surface area contributed by atoms with E-state index in [4.69, 9.17) is 5.73 Å². The molecule has 0 aliphatic rings. The van der Waals surface area contributed by atoms with Gasteiger partial charge in [0.25, 0.3) is 5.91 Å². The number of nitrogens with zero attached hydrogens (tertiary/aromatic N) is 1. The van der Waals surface area contributed by atoms with Crippen LogP contribution in [0.25, 0.3) is 21.8 Å². The first kappa shape index (κ1) is 12.7. The number of hydrogen-bond donors (Lipinski definition) is 2. The lowest BCUT2D eigenvalue weighted by Crippen LogP contribution is -2.13. The minimum Gasteiger partial charge on any atom is -0.398 e. The van der Waals surface area contributed by atoms with Gasteiger partial charge in [-0.3, -0.25) is 9.36 Å². The first-order valence-electron chi connectivity index (χ1n) is 7.13. The molecule has 0 aliphatic carbocycles. The Morgan fingerprint density at radius 2 is 2.00 bits per heavy atom. The number of aromatic amines is 1. The average Bonchev–Trinajstić information content (AvgIpc) is 3.10. The molecule has 22 heavy (non-hydrogen) atoms. The van der Waals surface area contributed by atoms with Crippen molar-refractivity contribution in [2.75, 3.05) is 5.73 Å². The van der Waals surface area contributed by atoms with Crippen molar-refractivity contribution in [3.8, 4) is 0 Å². The molecule has 0 spiro atoms. The zero-order valence-corrected chi connectivity index (χ0v) is 12.1. The number of hydrogen-bond acceptors (Lipinski definition) is 2. The predicted octanol–water partition coefficient (Wildman–Crippen LogP) is 3.70. The molecule has 0 saturated heterocycles. The smallest absolute Gasteiger partial charge is 0.262 e. The summed E-state index contributed by atoms with van der Waals surface area (Å²) in [6.45, 7) is 1.92. The fourth-order valence-electron chi connectivity index (χ4n) is 2.97. The summed E-state index contributed by atoms with van der Waals surface area (Å²) in [7, 11) is 0. The van der Waals surface area contributed by atoms with E-state index in [9.17, 15) is 4.79 Å². The number of anilines is 1. The standard InChI is InChI=1S/C18H15N3O/c1-11-9-14-15(19)3-2-4-17(14)21(11)18(22)13-6-5-12-7-8-20-16(12)10-13/h2-10,20H,19H2,1H3. The van der Waals surface area contributed by atoms with Gasteiger partial charge in [-0.05, 0) is 48.7 Å². The number of H-pyrrole nitrogens is 1. The first-order chi connectivity index (χ1) is 10.6. The summed E-state index contributed by atoms with van der Waals surface area (Å²) in [5.74, 6) is -0.0467. The molecule has 0 saturated carbocycles. The van der Waals surface area contributed by atoms with Crippen molar-refractivity contribution in [3.05, 3.63) is 66.0 Å². The van der Waals surface area contributed by atoms with Crippen LogP contribution in [0.2, 0.25) is 0 Å². The SMILES string of the molecule is Cc1cc2c(N)cccc2n1C(=O)c1ccc2cc[nH]c2c1. The van der Waals surface area contributed by atoms with Gasteiger partial charge in [-0.2, -0.15) is 0 Å². The van der Waals surface area contributed by atoms with Gasteiger partial charge in [0, 0.05) is 34.0 Å². The molecule has 2 aromatic carbocycles. The second-order valence-electron chi connectivity index (χ2n) is 5.49. The molecule has 0 atom stereocenters. The van der Waals surface area contributed by atoms with Crippen molar-refractivity contribution >= 4 is 33.4 Å². The number of rotatable bonds is 1. The van der Waals surface area contributed by atoms with Crippen molar-refractivity contribution in [1.82, 2.24) is 9.55 Å². The van der Waals surface area contributed by atoms with E-state index in [0.717, 1.165) is 27.5 Å². The Balaban J connectivity index is 1.92. The minimum absolute atomic E-state index is 0.0467. The molecular formula is C18H15N3O. The Kier molecular flexibility index (Phi) is 2.60. The van der Waals surface area contributed by atoms with Crippen molar-refractivity contribution in [3.63, 3.8) is 0 Å². The Hall–Kier alpha value is -3.01. The number of aryl methyl sites for hydroxylation is 1. The van der Waals surface area contributed by atoms with E-state index in [2.05, 4.69) is 4.98 Å². The van der Waals surface area contributed by atoms with Crippen molar-refractivity contribution in [1.29, 1.82) is 0 Å². The molecule has 0 aliphatic heterocycles. The van der Waals surface area contributed by atoms with Gasteiger partial charge >= 0.3 is 0 Å². The molecule has 2 heterocycles. The highest BCUT2D eigenvalue weighted by molar-refractivity contribution is 6.06. The summed E-state index contributed by atoms with van der Waals surface area (Å²) >= 11 is 0. The van der Waals surface area contributed by atoms with Gasteiger partial charge in [0.2, 0.25) is 0 Å². The van der Waals surface area contributed by atoms with Crippen molar-refractivity contribution < 1.29 is 4.79 Å². The molecule has 0 fully saturated rings. The molecule has 4 rings (SSSR count). The minimum atomic E-state index is -0.0467. The van der Waals surface area contributed by atoms with E-state index in [1.54, 1.807) is 4.57 Å². The number of aromatic nitrogens is 2. The number of carbonyl (C=O) groups excluding carboxylic acids is 1. The maximum Gasteiger partial charge on any atom is 0.262 e. The summed E-state index contributed by atoms with van der Waals surface area (Å²) in [6, 6.07) is 15.3. The maximum atomic E-state index is 12.9. The van der Waals surface area contributed by atoms with E-state index in [1.165, 1.54) is 0 Å². The fraction of sp³-hybridized carbons (Fsp3) is 0.0556. The summed E-state index contributed by atoms with van der Waals surface area (Å²) in [5, 5.41) is 2.00. The average molecular weight is 289 g/mol. The summed E-state index contributed by atoms with van der Waals surface area (Å²) in [4.78, 5) is 16.1. The third-order valence-electron chi connectivity index (χ3n) is 4.07. The molecule has 108 valence electrons. The molecule has 4 nitrogen and oxygen atoms in total. The lowest BCUT2D eigenvalue weighted by Gasteiger charge is -2.07. The van der Waals surface area contributed by atoms with Crippen LogP contribution < -0.4 is 5.73 Å². The maximum absolute atomic E-state index is 12.9.